The molecule has 0 amide bonds. The van der Waals surface area contributed by atoms with Crippen LogP contribution in [-0.4, -0.2) is 16.7 Å². The Morgan fingerprint density at radius 1 is 0.442 bits per heavy atom. The minimum absolute atomic E-state index is 0. The van der Waals surface area contributed by atoms with Crippen molar-refractivity contribution < 1.29 is 37.5 Å². The van der Waals surface area contributed by atoms with Crippen LogP contribution in [-0.2, 0) is 37.5 Å². The van der Waals surface area contributed by atoms with Crippen LogP contribution < -0.4 is 21.2 Å². The van der Waals surface area contributed by atoms with Crippen molar-refractivity contribution in [3.8, 4) is 0 Å². The van der Waals surface area contributed by atoms with E-state index in [0.717, 1.165) is 11.3 Å². The van der Waals surface area contributed by atoms with Crippen LogP contribution in [0.2, 0.25) is 0 Å². The van der Waals surface area contributed by atoms with Crippen LogP contribution in [0.4, 0.5) is 0 Å². The second-order valence-electron chi connectivity index (χ2n) is 10.1. The summed E-state index contributed by atoms with van der Waals surface area (Å²) >= 11 is 9.53. The normalized spacial score (nSPS) is 14.0. The van der Waals surface area contributed by atoms with Crippen LogP contribution in [0.1, 0.15) is 51.4 Å². The average Bonchev–Trinajstić information content (AvgIpc) is 3.72. The van der Waals surface area contributed by atoms with E-state index in [1.807, 2.05) is 0 Å². The molecule has 2 saturated carbocycles. The maximum absolute atomic E-state index is 4.76. The molecule has 0 bridgehead atoms. The van der Waals surface area contributed by atoms with Crippen molar-refractivity contribution in [3.63, 3.8) is 0 Å². The second-order valence-corrected chi connectivity index (χ2v) is 15.9. The molecule has 2 aliphatic carbocycles. The quantitative estimate of drug-likeness (QED) is 0.103. The number of hydrogen-bond acceptors (Lipinski definition) is 0. The van der Waals surface area contributed by atoms with E-state index in [0.29, 0.717) is 0 Å². The first-order valence-corrected chi connectivity index (χ1v) is 18.1. The van der Waals surface area contributed by atoms with Gasteiger partial charge in [-0.2, -0.15) is 0 Å². The van der Waals surface area contributed by atoms with Crippen LogP contribution in [0.3, 0.4) is 0 Å². The third-order valence-electron chi connectivity index (χ3n) is 7.52. The molecule has 4 aromatic rings. The van der Waals surface area contributed by atoms with Gasteiger partial charge in [0.15, 0.2) is 0 Å². The number of halogens is 4. The van der Waals surface area contributed by atoms with Crippen LogP contribution >= 0.6 is 63.9 Å². The molecule has 0 heterocycles. The van der Waals surface area contributed by atoms with E-state index < -0.39 is 0 Å². The molecule has 0 spiro atoms. The molecule has 0 aliphatic heterocycles. The smallest absolute Gasteiger partial charge is 0.0967 e. The van der Waals surface area contributed by atoms with E-state index in [2.05, 4.69) is 121 Å². The van der Waals surface area contributed by atoms with Gasteiger partial charge in [-0.1, -0.05) is 147 Å². The topological polar surface area (TPSA) is 0 Å². The monoisotopic (exact) mass is 826 g/mol. The fourth-order valence-electron chi connectivity index (χ4n) is 5.82. The molecule has 0 aromatic heterocycles. The first-order valence-electron chi connectivity index (χ1n) is 14.2. The van der Waals surface area contributed by atoms with Crippen LogP contribution in [0.25, 0.3) is 0 Å². The van der Waals surface area contributed by atoms with Crippen molar-refractivity contribution in [3.05, 3.63) is 121 Å². The molecule has 0 nitrogen and oxygen atoms in total. The van der Waals surface area contributed by atoms with E-state index in [9.17, 15) is 0 Å². The Kier molecular flexibility index (Phi) is 25.3. The molecule has 0 N–H and O–H groups in total. The summed E-state index contributed by atoms with van der Waals surface area (Å²) in [5, 5.41) is 6.38. The zero-order valence-corrected chi connectivity index (χ0v) is 31.8. The summed E-state index contributed by atoms with van der Waals surface area (Å²) in [4.78, 5) is 0. The van der Waals surface area contributed by atoms with Crippen molar-refractivity contribution in [2.75, 3.05) is 5.34 Å². The van der Waals surface area contributed by atoms with Gasteiger partial charge in [-0.05, 0) is 74.1 Å². The first-order chi connectivity index (χ1) is 19.3. The van der Waals surface area contributed by atoms with Gasteiger partial charge in [-0.3, -0.25) is 0 Å². The zero-order chi connectivity index (χ0) is 27.1. The summed E-state index contributed by atoms with van der Waals surface area (Å²) in [6, 6.07) is 44.5. The number of alkyl halides is 2. The van der Waals surface area contributed by atoms with Gasteiger partial charge in [0.1, 0.15) is 0 Å². The molecular formula is C35H42Cl4FeP2Pd. The average molecular weight is 829 g/mol. The Morgan fingerprint density at radius 3 is 0.814 bits per heavy atom. The second kappa shape index (κ2) is 25.2. The van der Waals surface area contributed by atoms with Gasteiger partial charge < -0.3 is 0 Å². The Labute approximate surface area is 309 Å². The van der Waals surface area contributed by atoms with E-state index in [1.165, 1.54) is 51.4 Å². The summed E-state index contributed by atoms with van der Waals surface area (Å²) in [6.45, 7) is 0. The van der Waals surface area contributed by atoms with Gasteiger partial charge in [0.25, 0.3) is 0 Å². The molecule has 0 atom stereocenters. The predicted molar refractivity (Wildman–Crippen MR) is 194 cm³/mol. The molecular weight excluding hydrogens is 786 g/mol. The first kappa shape index (κ1) is 43.1. The van der Waals surface area contributed by atoms with E-state index >= 15 is 0 Å². The van der Waals surface area contributed by atoms with E-state index in [4.69, 9.17) is 23.2 Å². The van der Waals surface area contributed by atoms with E-state index in [1.54, 1.807) is 21.2 Å². The summed E-state index contributed by atoms with van der Waals surface area (Å²) < 4.78 is 0. The molecule has 4 aromatic carbocycles. The largest absolute Gasteiger partial charge is 0.147 e. The standard InChI is InChI=1S/2C17H19P.CH2Cl2.2ClH.Fe.Pd/c2*1-3-9-15(10-4-1)18(17-13-7-8-14-17)16-11-5-2-6-12-16;2-1-3;;;;/h2*1-6,9-12,17H,7-8,13-14H2;1H2;2*1H;;. The SMILES string of the molecule is Cl.Cl.ClCCl.[Fe].[Pd].c1ccc(P(c2ccccc2)C2CCCC2)cc1.c1ccc(P(c2ccccc2)C2CCCC2)cc1. The number of rotatable bonds is 6. The van der Waals surface area contributed by atoms with Crippen molar-refractivity contribution in [2.45, 2.75) is 62.7 Å². The summed E-state index contributed by atoms with van der Waals surface area (Å²) in [7, 11) is -0.304. The van der Waals surface area contributed by atoms with Gasteiger partial charge in [0.2, 0.25) is 0 Å². The Hall–Kier alpha value is 0.0818. The van der Waals surface area contributed by atoms with Crippen molar-refractivity contribution in [2.24, 2.45) is 0 Å². The fraction of sp³-hybridized carbons (Fsp3) is 0.314. The van der Waals surface area contributed by atoms with Crippen molar-refractivity contribution in [1.82, 2.24) is 0 Å². The Morgan fingerprint density at radius 2 is 0.628 bits per heavy atom. The Balaban J connectivity index is 0.000000693. The van der Waals surface area contributed by atoms with Gasteiger partial charge in [-0.15, -0.1) is 48.0 Å². The van der Waals surface area contributed by atoms with Crippen molar-refractivity contribution in [1.29, 1.82) is 0 Å². The summed E-state index contributed by atoms with van der Waals surface area (Å²) in [6.07, 6.45) is 11.3. The molecule has 0 unspecified atom stereocenters. The van der Waals surface area contributed by atoms with Gasteiger partial charge in [-0.25, -0.2) is 0 Å². The Bertz CT molecular complexity index is 1010. The minimum Gasteiger partial charge on any atom is -0.147 e. The number of benzene rings is 4. The molecule has 238 valence electrons. The van der Waals surface area contributed by atoms with Gasteiger partial charge >= 0.3 is 0 Å². The van der Waals surface area contributed by atoms with Crippen LogP contribution in [0, 0.1) is 0 Å². The molecule has 8 heteroatoms. The van der Waals surface area contributed by atoms with Crippen molar-refractivity contribution >= 4 is 85.1 Å². The third-order valence-corrected chi connectivity index (χ3v) is 13.4. The van der Waals surface area contributed by atoms with Crippen LogP contribution in [0.5, 0.6) is 0 Å². The fourth-order valence-corrected chi connectivity index (χ4v) is 11.8. The van der Waals surface area contributed by atoms with Gasteiger partial charge in [0, 0.05) is 37.5 Å². The molecule has 0 radical (unpaired) electrons. The molecule has 2 aliphatic rings. The maximum Gasteiger partial charge on any atom is 0.0967 e. The molecule has 6 rings (SSSR count). The van der Waals surface area contributed by atoms with Gasteiger partial charge in [0.05, 0.1) is 5.34 Å². The molecule has 2 fully saturated rings. The minimum atomic E-state index is -0.152. The third kappa shape index (κ3) is 13.8. The zero-order valence-electron chi connectivity index (χ0n) is 24.2. The molecule has 0 saturated heterocycles. The summed E-state index contributed by atoms with van der Waals surface area (Å²) in [5.41, 5.74) is 1.79. The predicted octanol–water partition coefficient (Wildman–Crippen LogP) is 10.4. The number of hydrogen-bond donors (Lipinski definition) is 0. The molecule has 43 heavy (non-hydrogen) atoms. The van der Waals surface area contributed by atoms with E-state index in [-0.39, 0.29) is 83.5 Å². The van der Waals surface area contributed by atoms with Crippen LogP contribution in [0.15, 0.2) is 121 Å². The summed E-state index contributed by atoms with van der Waals surface area (Å²) in [5.74, 6) is 0. The maximum atomic E-state index is 4.76.